The van der Waals surface area contributed by atoms with Crippen LogP contribution in [0.25, 0.3) is 22.2 Å². The summed E-state index contributed by atoms with van der Waals surface area (Å²) in [5.41, 5.74) is 2.66. The molecule has 13 nitrogen and oxygen atoms in total. The fourth-order valence-corrected chi connectivity index (χ4v) is 6.33. The molecule has 2 aliphatic heterocycles. The van der Waals surface area contributed by atoms with Crippen LogP contribution >= 0.6 is 0 Å². The summed E-state index contributed by atoms with van der Waals surface area (Å²) in [5, 5.41) is 10.4. The van der Waals surface area contributed by atoms with Crippen LogP contribution in [0.3, 0.4) is 0 Å². The van der Waals surface area contributed by atoms with Crippen LogP contribution in [0.4, 0.5) is 0 Å². The van der Waals surface area contributed by atoms with E-state index >= 15 is 0 Å². The van der Waals surface area contributed by atoms with Gasteiger partial charge in [0.25, 0.3) is 0 Å². The third-order valence-corrected chi connectivity index (χ3v) is 8.95. The fraction of sp³-hybridized carbons (Fsp3) is 0.342. The number of hydrogen-bond acceptors (Lipinski definition) is 13. The molecule has 0 radical (unpaired) electrons. The van der Waals surface area contributed by atoms with Gasteiger partial charge in [-0.05, 0) is 49.2 Å². The van der Waals surface area contributed by atoms with E-state index in [1.54, 1.807) is 54.6 Å². The lowest BCUT2D eigenvalue weighted by molar-refractivity contribution is -0.301. The van der Waals surface area contributed by atoms with Gasteiger partial charge in [-0.2, -0.15) is 0 Å². The van der Waals surface area contributed by atoms with Crippen LogP contribution < -0.4 is 0 Å². The molecule has 13 heteroatoms. The second-order valence-corrected chi connectivity index (χ2v) is 12.4. The Kier molecular flexibility index (Phi) is 10.2. The van der Waals surface area contributed by atoms with Crippen molar-refractivity contribution in [3.05, 3.63) is 108 Å². The molecule has 1 saturated heterocycles. The second kappa shape index (κ2) is 15.3. The van der Waals surface area contributed by atoms with E-state index in [-0.39, 0.29) is 31.2 Å². The van der Waals surface area contributed by atoms with Crippen LogP contribution in [-0.2, 0) is 46.1 Å². The van der Waals surface area contributed by atoms with Crippen LogP contribution in [0.15, 0.2) is 99.8 Å². The average molecular weight is 697 g/mol. The first kappa shape index (κ1) is 34.1. The maximum Gasteiger partial charge on any atom is 0.338 e. The summed E-state index contributed by atoms with van der Waals surface area (Å²) >= 11 is 0. The number of ether oxygens (including phenoxy) is 5. The molecule has 1 N–H and O–H groups in total. The number of aromatic nitrogens is 2. The Labute approximate surface area is 292 Å². The molecule has 7 atom stereocenters. The van der Waals surface area contributed by atoms with Gasteiger partial charge >= 0.3 is 17.9 Å². The second-order valence-electron chi connectivity index (χ2n) is 12.4. The van der Waals surface area contributed by atoms with Gasteiger partial charge in [-0.1, -0.05) is 54.6 Å². The number of aliphatic hydroxyl groups is 1. The molecule has 0 aliphatic carbocycles. The number of fused-ring (bicyclic) bond motifs is 3. The maximum absolute atomic E-state index is 14.1. The summed E-state index contributed by atoms with van der Waals surface area (Å²) in [6, 6.07) is 22.7. The third-order valence-electron chi connectivity index (χ3n) is 8.95. The number of methoxy groups -OCH3 is 1. The summed E-state index contributed by atoms with van der Waals surface area (Å²) in [6.07, 6.45) is -2.51. The van der Waals surface area contributed by atoms with Crippen molar-refractivity contribution in [2.75, 3.05) is 13.7 Å². The summed E-state index contributed by atoms with van der Waals surface area (Å²) in [6.45, 7) is -0.628. The van der Waals surface area contributed by atoms with Crippen molar-refractivity contribution < 1.29 is 52.0 Å². The molecule has 0 saturated carbocycles. The first-order chi connectivity index (χ1) is 24.9. The van der Waals surface area contributed by atoms with Crippen LogP contribution in [0.1, 0.15) is 35.0 Å². The minimum Gasteiger partial charge on any atom is -0.454 e. The molecular formula is C38H36N2O11. The number of carbonyl (C=O) groups excluding carboxylic acids is 3. The van der Waals surface area contributed by atoms with Crippen LogP contribution in [-0.4, -0.2) is 77.4 Å². The highest BCUT2D eigenvalue weighted by molar-refractivity contribution is 5.89. The summed E-state index contributed by atoms with van der Waals surface area (Å²) in [4.78, 5) is 50.5. The van der Waals surface area contributed by atoms with Gasteiger partial charge in [-0.15, -0.1) is 0 Å². The number of nitrogens with zero attached hydrogens (tertiary/aromatic N) is 2. The first-order valence-corrected chi connectivity index (χ1v) is 16.7. The van der Waals surface area contributed by atoms with Crippen molar-refractivity contribution in [1.29, 1.82) is 0 Å². The highest BCUT2D eigenvalue weighted by Gasteiger charge is 2.53. The van der Waals surface area contributed by atoms with E-state index in [4.69, 9.17) is 32.5 Å². The molecule has 3 aromatic carbocycles. The summed E-state index contributed by atoms with van der Waals surface area (Å²) < 4.78 is 41.5. The van der Waals surface area contributed by atoms with Crippen molar-refractivity contribution in [3.63, 3.8) is 0 Å². The lowest BCUT2D eigenvalue weighted by atomic mass is 9.95. The van der Waals surface area contributed by atoms with E-state index in [2.05, 4.69) is 9.97 Å². The number of aliphatic hydroxyl groups excluding tert-OH is 1. The zero-order chi connectivity index (χ0) is 35.3. The average Bonchev–Trinajstić information content (AvgIpc) is 3.76. The highest BCUT2D eigenvalue weighted by atomic mass is 16.7. The topological polar surface area (TPSA) is 170 Å². The van der Waals surface area contributed by atoms with E-state index in [9.17, 15) is 19.5 Å². The molecule has 1 fully saturated rings. The predicted molar refractivity (Wildman–Crippen MR) is 179 cm³/mol. The molecule has 264 valence electrons. The number of carbonyl (C=O) groups is 3. The molecule has 2 aliphatic rings. The Morgan fingerprint density at radius 2 is 1.29 bits per heavy atom. The van der Waals surface area contributed by atoms with Gasteiger partial charge in [-0.3, -0.25) is 9.59 Å². The molecule has 0 spiro atoms. The zero-order valence-corrected chi connectivity index (χ0v) is 27.7. The number of hydrogen-bond donors (Lipinski definition) is 1. The molecule has 0 unspecified atom stereocenters. The summed E-state index contributed by atoms with van der Waals surface area (Å²) in [7, 11) is 1.33. The fourth-order valence-electron chi connectivity index (χ4n) is 6.33. The number of esters is 3. The van der Waals surface area contributed by atoms with Crippen molar-refractivity contribution in [3.8, 4) is 0 Å². The SMILES string of the molecule is CO[C@H]1O[C@H](CO)[C@@H](OC(=O)c2ccccc2)[C@@H]2OC(=O)[C@H](Cc3nc4ccccc4o3)CC=CC[C@@H](Cc3nc4ccccc4o3)C(=O)O[C@H]12. The van der Waals surface area contributed by atoms with Gasteiger partial charge < -0.3 is 37.6 Å². The van der Waals surface area contributed by atoms with Crippen molar-refractivity contribution in [2.45, 2.75) is 56.4 Å². The van der Waals surface area contributed by atoms with Crippen LogP contribution in [0.2, 0.25) is 0 Å². The Morgan fingerprint density at radius 3 is 1.82 bits per heavy atom. The minimum atomic E-state index is -1.44. The van der Waals surface area contributed by atoms with Gasteiger partial charge in [0.05, 0.1) is 24.0 Å². The molecule has 7 rings (SSSR count). The Bertz CT molecular complexity index is 1960. The van der Waals surface area contributed by atoms with Crippen molar-refractivity contribution >= 4 is 40.1 Å². The molecule has 0 bridgehead atoms. The largest absolute Gasteiger partial charge is 0.454 e. The number of para-hydroxylation sites is 4. The van der Waals surface area contributed by atoms with Crippen molar-refractivity contribution in [2.24, 2.45) is 11.8 Å². The van der Waals surface area contributed by atoms with Gasteiger partial charge in [0.15, 0.2) is 47.5 Å². The number of allylic oxidation sites excluding steroid dienone is 2. The zero-order valence-electron chi connectivity index (χ0n) is 27.7. The standard InChI is InChI=1S/C38H36N2O11/c1-45-38-34-33(32(29(21-41)48-38)49-35(42)22-11-3-2-4-12-22)50-36(43)23(19-30-39-25-15-7-9-17-27(25)46-30)13-5-6-14-24(37(44)51-34)20-31-40-26-16-8-10-18-28(26)47-31/h2-12,15-18,23-24,29,32-34,38,41H,13-14,19-21H2,1H3/t23-,24-,29+,32+,33-,34-,38-/m0/s1. The quantitative estimate of drug-likeness (QED) is 0.134. The predicted octanol–water partition coefficient (Wildman–Crippen LogP) is 4.75. The van der Waals surface area contributed by atoms with E-state index in [0.717, 1.165) is 0 Å². The molecule has 4 heterocycles. The van der Waals surface area contributed by atoms with Gasteiger partial charge in [0, 0.05) is 20.0 Å². The Hall–Kier alpha value is -5.37. The molecule has 2 aromatic heterocycles. The molecular weight excluding hydrogens is 660 g/mol. The van der Waals surface area contributed by atoms with Gasteiger partial charge in [0.2, 0.25) is 0 Å². The Morgan fingerprint density at radius 1 is 0.765 bits per heavy atom. The monoisotopic (exact) mass is 696 g/mol. The van der Waals surface area contributed by atoms with Crippen molar-refractivity contribution in [1.82, 2.24) is 9.97 Å². The van der Waals surface area contributed by atoms with Crippen LogP contribution in [0, 0.1) is 11.8 Å². The smallest absolute Gasteiger partial charge is 0.338 e. The number of rotatable bonds is 8. The third kappa shape index (κ3) is 7.55. The number of oxazole rings is 2. The van der Waals surface area contributed by atoms with Gasteiger partial charge in [-0.25, -0.2) is 14.8 Å². The lowest BCUT2D eigenvalue weighted by Gasteiger charge is -2.44. The Balaban J connectivity index is 1.24. The maximum atomic E-state index is 14.1. The molecule has 51 heavy (non-hydrogen) atoms. The highest BCUT2D eigenvalue weighted by Crippen LogP contribution is 2.33. The normalized spacial score (nSPS) is 25.7. The lowest BCUT2D eigenvalue weighted by Crippen LogP contribution is -2.63. The summed E-state index contributed by atoms with van der Waals surface area (Å²) in [5.74, 6) is -3.03. The van der Waals surface area contributed by atoms with Gasteiger partial charge in [0.1, 0.15) is 17.1 Å². The van der Waals surface area contributed by atoms with E-state index in [0.29, 0.717) is 34.0 Å². The minimum absolute atomic E-state index is 0.0868. The van der Waals surface area contributed by atoms with E-state index < -0.39 is 67.1 Å². The van der Waals surface area contributed by atoms with E-state index in [1.165, 1.54) is 7.11 Å². The van der Waals surface area contributed by atoms with E-state index in [1.807, 2.05) is 36.4 Å². The molecule has 5 aromatic rings. The van der Waals surface area contributed by atoms with Crippen LogP contribution in [0.5, 0.6) is 0 Å². The molecule has 0 amide bonds. The first-order valence-electron chi connectivity index (χ1n) is 16.7. The number of benzene rings is 3.